The smallest absolute Gasteiger partial charge is 0.0995 e. The Bertz CT molecular complexity index is 2530. The average Bonchev–Trinajstić information content (AvgIpc) is 3.71. The van der Waals surface area contributed by atoms with Gasteiger partial charge >= 0.3 is 0 Å². The third-order valence-electron chi connectivity index (χ3n) is 8.84. The normalized spacial score (nSPS) is 14.5. The summed E-state index contributed by atoms with van der Waals surface area (Å²) >= 11 is 3.63. The van der Waals surface area contributed by atoms with Crippen molar-refractivity contribution in [2.45, 2.75) is 12.3 Å². The Hall–Kier alpha value is -5.20. The van der Waals surface area contributed by atoms with Gasteiger partial charge in [-0.3, -0.25) is 0 Å². The molecule has 0 spiro atoms. The van der Waals surface area contributed by atoms with Crippen molar-refractivity contribution in [2.24, 2.45) is 0 Å². The van der Waals surface area contributed by atoms with Crippen LogP contribution in [-0.2, 0) is 6.42 Å². The van der Waals surface area contributed by atoms with E-state index >= 15 is 0 Å². The van der Waals surface area contributed by atoms with Gasteiger partial charge in [0.05, 0.1) is 40.0 Å². The van der Waals surface area contributed by atoms with E-state index in [1.165, 1.54) is 46.1 Å². The summed E-state index contributed by atoms with van der Waals surface area (Å²) in [5.74, 6) is 0.0520. The zero-order valence-electron chi connectivity index (χ0n) is 22.8. The molecule has 5 aromatic carbocycles. The molecule has 0 N–H and O–H groups in total. The van der Waals surface area contributed by atoms with Crippen LogP contribution < -0.4 is 0 Å². The van der Waals surface area contributed by atoms with Gasteiger partial charge in [0.25, 0.3) is 0 Å². The molecule has 200 valence electrons. The molecule has 0 fully saturated rings. The highest BCUT2D eigenvalue weighted by Crippen LogP contribution is 2.46. The molecule has 1 aliphatic carbocycles. The number of rotatable bonds is 2. The molecule has 3 aromatic heterocycles. The second-order valence-corrected chi connectivity index (χ2v) is 13.3. The topological polar surface area (TPSA) is 52.5 Å². The number of fused-ring (bicyclic) bond motifs is 9. The second-order valence-electron chi connectivity index (χ2n) is 11.1. The third kappa shape index (κ3) is 3.50. The molecular weight excluding hydrogens is 563 g/mol. The molecule has 3 heterocycles. The van der Waals surface area contributed by atoms with E-state index in [0.29, 0.717) is 11.1 Å². The molecule has 0 bridgehead atoms. The van der Waals surface area contributed by atoms with Crippen molar-refractivity contribution in [3.8, 4) is 17.8 Å². The number of allylic oxidation sites excluding steroid dienone is 1. The maximum absolute atomic E-state index is 10.4. The van der Waals surface area contributed by atoms with Crippen LogP contribution in [-0.4, -0.2) is 4.57 Å². The van der Waals surface area contributed by atoms with E-state index in [9.17, 15) is 10.5 Å². The molecule has 1 unspecified atom stereocenters. The van der Waals surface area contributed by atoms with Crippen molar-refractivity contribution < 1.29 is 0 Å². The first-order valence-corrected chi connectivity index (χ1v) is 15.9. The Kier molecular flexibility index (Phi) is 5.19. The van der Waals surface area contributed by atoms with E-state index in [2.05, 4.69) is 102 Å². The summed E-state index contributed by atoms with van der Waals surface area (Å²) in [7, 11) is 0. The molecule has 43 heavy (non-hydrogen) atoms. The van der Waals surface area contributed by atoms with Crippen molar-refractivity contribution in [2.75, 3.05) is 0 Å². The summed E-state index contributed by atoms with van der Waals surface area (Å²) in [5, 5.41) is 25.9. The van der Waals surface area contributed by atoms with Gasteiger partial charge in [-0.25, -0.2) is 0 Å². The van der Waals surface area contributed by atoms with Crippen LogP contribution in [0.3, 0.4) is 0 Å². The van der Waals surface area contributed by atoms with E-state index in [1.54, 1.807) is 11.3 Å². The highest BCUT2D eigenvalue weighted by Gasteiger charge is 2.26. The molecule has 3 nitrogen and oxygen atoms in total. The monoisotopic (exact) mass is 583 g/mol. The summed E-state index contributed by atoms with van der Waals surface area (Å²) in [4.78, 5) is 1.29. The minimum Gasteiger partial charge on any atom is -0.309 e. The summed E-state index contributed by atoms with van der Waals surface area (Å²) in [6.07, 6.45) is 5.38. The number of hydrogen-bond acceptors (Lipinski definition) is 4. The lowest BCUT2D eigenvalue weighted by atomic mass is 9.83. The number of benzene rings is 5. The van der Waals surface area contributed by atoms with Gasteiger partial charge in [-0.1, -0.05) is 48.5 Å². The van der Waals surface area contributed by atoms with Gasteiger partial charge in [-0.15, -0.1) is 22.7 Å². The van der Waals surface area contributed by atoms with E-state index in [4.69, 9.17) is 0 Å². The molecular formula is C38H21N3S2. The molecule has 8 aromatic rings. The zero-order chi connectivity index (χ0) is 28.7. The van der Waals surface area contributed by atoms with E-state index < -0.39 is 0 Å². The maximum Gasteiger partial charge on any atom is 0.0995 e. The Balaban J connectivity index is 1.25. The number of nitrogens with zero attached hydrogens (tertiary/aromatic N) is 3. The molecule has 0 saturated carbocycles. The van der Waals surface area contributed by atoms with Gasteiger partial charge in [0.2, 0.25) is 0 Å². The van der Waals surface area contributed by atoms with E-state index in [-0.39, 0.29) is 5.92 Å². The number of para-hydroxylation sites is 2. The van der Waals surface area contributed by atoms with Crippen LogP contribution in [0.4, 0.5) is 0 Å². The predicted octanol–water partition coefficient (Wildman–Crippen LogP) is 10.5. The van der Waals surface area contributed by atoms with Crippen LogP contribution >= 0.6 is 22.7 Å². The molecule has 1 atom stereocenters. The Labute approximate surface area is 255 Å². The molecule has 1 aliphatic rings. The lowest BCUT2D eigenvalue weighted by molar-refractivity contribution is 0.824. The molecule has 0 amide bonds. The molecule has 0 radical (unpaired) electrons. The predicted molar refractivity (Wildman–Crippen MR) is 180 cm³/mol. The lowest BCUT2D eigenvalue weighted by Crippen LogP contribution is -2.11. The molecule has 9 rings (SSSR count). The second kappa shape index (κ2) is 9.15. The standard InChI is InChI=1S/C38H21N3S2/c39-20-22-12-14-34-27(16-22)29-18-30-28-17-23(13-15-35(28)43-37(30)19-36(29)42-34)38-24(21-40)6-5-11-33(38)41-31-9-3-1-7-25(31)26-8-2-4-10-32(26)41/h1-16,18-19,23H,17H2. The van der Waals surface area contributed by atoms with Crippen LogP contribution in [0.1, 0.15) is 33.0 Å². The molecule has 0 aliphatic heterocycles. The van der Waals surface area contributed by atoms with Crippen molar-refractivity contribution >= 4 is 80.8 Å². The fourth-order valence-corrected chi connectivity index (χ4v) is 9.31. The summed E-state index contributed by atoms with van der Waals surface area (Å²) in [5.41, 5.74) is 7.16. The van der Waals surface area contributed by atoms with E-state index in [0.717, 1.165) is 34.1 Å². The number of thiophene rings is 2. The van der Waals surface area contributed by atoms with Gasteiger partial charge in [-0.2, -0.15) is 10.5 Å². The maximum atomic E-state index is 10.4. The van der Waals surface area contributed by atoms with Crippen LogP contribution in [0.15, 0.2) is 103 Å². The Morgan fingerprint density at radius 1 is 0.651 bits per heavy atom. The minimum atomic E-state index is 0.0520. The van der Waals surface area contributed by atoms with Gasteiger partial charge in [0.1, 0.15) is 0 Å². The first kappa shape index (κ1) is 24.4. The summed E-state index contributed by atoms with van der Waals surface area (Å²) in [6.45, 7) is 0. The molecule has 0 saturated heterocycles. The van der Waals surface area contributed by atoms with Gasteiger partial charge in [0, 0.05) is 52.0 Å². The van der Waals surface area contributed by atoms with Crippen LogP contribution in [0, 0.1) is 22.7 Å². The van der Waals surface area contributed by atoms with Crippen LogP contribution in [0.2, 0.25) is 0 Å². The quantitative estimate of drug-likeness (QED) is 0.203. The van der Waals surface area contributed by atoms with Crippen molar-refractivity contribution in [1.82, 2.24) is 4.57 Å². The average molecular weight is 584 g/mol. The SMILES string of the molecule is N#Cc1ccc2sc3cc4sc5c(c4cc3c2c1)CC(c1c(C#N)cccc1-n1c2ccccc2c2ccccc21)C=C5. The first-order valence-electron chi connectivity index (χ1n) is 14.2. The van der Waals surface area contributed by atoms with Gasteiger partial charge in [-0.05, 0) is 78.0 Å². The van der Waals surface area contributed by atoms with Crippen LogP contribution in [0.5, 0.6) is 0 Å². The number of nitriles is 2. The lowest BCUT2D eigenvalue weighted by Gasteiger charge is -2.23. The minimum absolute atomic E-state index is 0.0520. The highest BCUT2D eigenvalue weighted by atomic mass is 32.1. The van der Waals surface area contributed by atoms with Gasteiger partial charge in [0.15, 0.2) is 0 Å². The Morgan fingerprint density at radius 2 is 1.40 bits per heavy atom. The third-order valence-corrected chi connectivity index (χ3v) is 11.1. The summed E-state index contributed by atoms with van der Waals surface area (Å²) in [6, 6.07) is 38.7. The molecule has 5 heteroatoms. The first-order chi connectivity index (χ1) is 21.2. The highest BCUT2D eigenvalue weighted by molar-refractivity contribution is 7.26. The van der Waals surface area contributed by atoms with Gasteiger partial charge < -0.3 is 4.57 Å². The fraction of sp³-hybridized carbons (Fsp3) is 0.0526. The van der Waals surface area contributed by atoms with E-state index in [1.807, 2.05) is 35.6 Å². The number of aromatic nitrogens is 1. The largest absolute Gasteiger partial charge is 0.309 e. The van der Waals surface area contributed by atoms with Crippen molar-refractivity contribution in [3.63, 3.8) is 0 Å². The summed E-state index contributed by atoms with van der Waals surface area (Å²) < 4.78 is 6.08. The Morgan fingerprint density at radius 3 is 2.16 bits per heavy atom. The fourth-order valence-electron chi connectivity index (χ4n) is 6.96. The number of hydrogen-bond donors (Lipinski definition) is 0. The van der Waals surface area contributed by atoms with Crippen molar-refractivity contribution in [1.29, 1.82) is 10.5 Å². The zero-order valence-corrected chi connectivity index (χ0v) is 24.5. The van der Waals surface area contributed by atoms with Crippen LogP contribution in [0.25, 0.3) is 63.8 Å². The van der Waals surface area contributed by atoms with Crippen molar-refractivity contribution in [3.05, 3.63) is 130 Å².